The van der Waals surface area contributed by atoms with Crippen molar-refractivity contribution in [3.05, 3.63) is 46.8 Å². The van der Waals surface area contributed by atoms with E-state index in [1.807, 2.05) is 25.1 Å². The first kappa shape index (κ1) is 16.2. The van der Waals surface area contributed by atoms with Crippen LogP contribution in [0.1, 0.15) is 15.2 Å². The molecule has 7 nitrogen and oxygen atoms in total. The smallest absolute Gasteiger partial charge is 0.341 e. The van der Waals surface area contributed by atoms with E-state index in [9.17, 15) is 9.90 Å². The molecule has 0 aliphatic rings. The summed E-state index contributed by atoms with van der Waals surface area (Å²) in [5.74, 6) is -0.620. The summed E-state index contributed by atoms with van der Waals surface area (Å²) >= 11 is 1.40. The number of benzene rings is 2. The molecule has 0 aliphatic carbocycles. The molecule has 2 aromatic heterocycles. The van der Waals surface area contributed by atoms with Gasteiger partial charge >= 0.3 is 12.0 Å². The van der Waals surface area contributed by atoms with Gasteiger partial charge in [0.1, 0.15) is 17.0 Å². The van der Waals surface area contributed by atoms with Crippen LogP contribution in [0.2, 0.25) is 0 Å². The number of thiophene rings is 1. The van der Waals surface area contributed by atoms with E-state index in [-0.39, 0.29) is 17.3 Å². The lowest BCUT2D eigenvalue weighted by atomic mass is 10.1. The lowest BCUT2D eigenvalue weighted by Crippen LogP contribution is -2.01. The Bertz CT molecular complexity index is 1140. The predicted octanol–water partition coefficient (Wildman–Crippen LogP) is 5.26. The quantitative estimate of drug-likeness (QED) is 0.393. The van der Waals surface area contributed by atoms with Gasteiger partial charge in [0.15, 0.2) is 5.58 Å². The predicted molar refractivity (Wildman–Crippen MR) is 97.8 cm³/mol. The highest BCUT2D eigenvalue weighted by Gasteiger charge is 2.20. The number of hydrogen-bond donors (Lipinski definition) is 1. The molecule has 0 atom stereocenters. The second kappa shape index (κ2) is 6.23. The Hall–Kier alpha value is -3.26. The number of para-hydroxylation sites is 2. The van der Waals surface area contributed by atoms with Crippen LogP contribution in [0, 0.1) is 6.92 Å². The number of aryl methyl sites for hydroxylation is 1. The van der Waals surface area contributed by atoms with Crippen molar-refractivity contribution in [2.75, 3.05) is 7.11 Å². The van der Waals surface area contributed by atoms with Gasteiger partial charge in [0, 0.05) is 10.3 Å². The number of phenols is 1. The molecule has 0 saturated carbocycles. The standard InChI is InChI=1S/C18H13N3O4S/c1-9-7-10-13(22)8-11(17(23)24-2)15(16(10)26-9)20-21-18-19-12-5-3-4-6-14(12)25-18/h3-8,22H,1-2H3. The van der Waals surface area contributed by atoms with Crippen LogP contribution >= 0.6 is 11.3 Å². The second-order valence-corrected chi connectivity index (χ2v) is 6.80. The lowest BCUT2D eigenvalue weighted by Gasteiger charge is -2.05. The van der Waals surface area contributed by atoms with Gasteiger partial charge in [0.2, 0.25) is 0 Å². The molecular weight excluding hydrogens is 354 g/mol. The number of oxazole rings is 1. The molecule has 2 aromatic carbocycles. The summed E-state index contributed by atoms with van der Waals surface area (Å²) in [4.78, 5) is 17.3. The number of carbonyl (C=O) groups excluding carboxylic acids is 1. The number of hydrogen-bond acceptors (Lipinski definition) is 8. The Kier molecular flexibility index (Phi) is 3.89. The van der Waals surface area contributed by atoms with Crippen LogP contribution in [0.4, 0.5) is 11.7 Å². The zero-order chi connectivity index (χ0) is 18.3. The number of phenolic OH excluding ortho intramolecular Hbond substituents is 1. The van der Waals surface area contributed by atoms with E-state index in [0.717, 1.165) is 4.88 Å². The van der Waals surface area contributed by atoms with Crippen molar-refractivity contribution < 1.29 is 19.1 Å². The second-order valence-electron chi connectivity index (χ2n) is 5.55. The molecule has 8 heteroatoms. The summed E-state index contributed by atoms with van der Waals surface area (Å²) < 4.78 is 11.0. The van der Waals surface area contributed by atoms with E-state index >= 15 is 0 Å². The average molecular weight is 367 g/mol. The summed E-state index contributed by atoms with van der Waals surface area (Å²) in [5.41, 5.74) is 1.69. The number of carbonyl (C=O) groups is 1. The van der Waals surface area contributed by atoms with Gasteiger partial charge in [-0.05, 0) is 31.2 Å². The third kappa shape index (κ3) is 2.70. The minimum absolute atomic E-state index is 0.00874. The Labute approximate surface area is 151 Å². The maximum absolute atomic E-state index is 12.1. The Morgan fingerprint density at radius 1 is 1.27 bits per heavy atom. The molecule has 0 amide bonds. The van der Waals surface area contributed by atoms with E-state index in [2.05, 4.69) is 15.2 Å². The molecule has 0 fully saturated rings. The summed E-state index contributed by atoms with van der Waals surface area (Å²) in [7, 11) is 1.27. The number of fused-ring (bicyclic) bond motifs is 2. The molecule has 4 aromatic rings. The van der Waals surface area contributed by atoms with Crippen LogP contribution in [0.3, 0.4) is 0 Å². The zero-order valence-electron chi connectivity index (χ0n) is 13.9. The third-order valence-corrected chi connectivity index (χ3v) is 4.86. The molecular formula is C18H13N3O4S. The Morgan fingerprint density at radius 2 is 2.08 bits per heavy atom. The van der Waals surface area contributed by atoms with E-state index in [0.29, 0.717) is 26.9 Å². The Morgan fingerprint density at radius 3 is 2.85 bits per heavy atom. The van der Waals surface area contributed by atoms with Gasteiger partial charge < -0.3 is 14.3 Å². The van der Waals surface area contributed by atoms with Crippen molar-refractivity contribution in [1.82, 2.24) is 4.98 Å². The zero-order valence-corrected chi connectivity index (χ0v) is 14.7. The highest BCUT2D eigenvalue weighted by molar-refractivity contribution is 7.19. The average Bonchev–Trinajstić information content (AvgIpc) is 3.23. The molecule has 4 rings (SSSR count). The number of aromatic nitrogens is 1. The fraction of sp³-hybridized carbons (Fsp3) is 0.111. The number of azo groups is 1. The fourth-order valence-corrected chi connectivity index (χ4v) is 3.67. The first-order chi connectivity index (χ1) is 12.6. The van der Waals surface area contributed by atoms with Crippen molar-refractivity contribution in [3.63, 3.8) is 0 Å². The van der Waals surface area contributed by atoms with Crippen molar-refractivity contribution in [2.24, 2.45) is 10.2 Å². The number of rotatable bonds is 3. The largest absolute Gasteiger partial charge is 0.507 e. The molecule has 0 bridgehead atoms. The van der Waals surface area contributed by atoms with E-state index in [1.54, 1.807) is 12.1 Å². The van der Waals surface area contributed by atoms with Gasteiger partial charge in [-0.3, -0.25) is 0 Å². The summed E-state index contributed by atoms with van der Waals surface area (Å²) in [6.45, 7) is 1.91. The lowest BCUT2D eigenvalue weighted by molar-refractivity contribution is 0.0601. The molecule has 0 saturated heterocycles. The molecule has 0 unspecified atom stereocenters. The fourth-order valence-electron chi connectivity index (χ4n) is 2.65. The van der Waals surface area contributed by atoms with Crippen molar-refractivity contribution in [1.29, 1.82) is 0 Å². The molecule has 1 N–H and O–H groups in total. The summed E-state index contributed by atoms with van der Waals surface area (Å²) in [6.07, 6.45) is 0. The van der Waals surface area contributed by atoms with Crippen LogP contribution in [0.5, 0.6) is 5.75 Å². The van der Waals surface area contributed by atoms with Crippen LogP contribution in [0.15, 0.2) is 51.0 Å². The van der Waals surface area contributed by atoms with Crippen molar-refractivity contribution in [2.45, 2.75) is 6.92 Å². The van der Waals surface area contributed by atoms with Crippen LogP contribution < -0.4 is 0 Å². The molecule has 2 heterocycles. The van der Waals surface area contributed by atoms with Gasteiger partial charge in [-0.25, -0.2) is 4.79 Å². The number of methoxy groups -OCH3 is 1. The number of esters is 1. The van der Waals surface area contributed by atoms with Crippen LogP contribution in [-0.2, 0) is 4.74 Å². The topological polar surface area (TPSA) is 97.3 Å². The van der Waals surface area contributed by atoms with Gasteiger partial charge in [0.05, 0.1) is 17.4 Å². The van der Waals surface area contributed by atoms with E-state index in [1.165, 1.54) is 24.5 Å². The molecule has 130 valence electrons. The SMILES string of the molecule is COC(=O)c1cc(O)c2cc(C)sc2c1N=Nc1nc2ccccc2o1. The summed E-state index contributed by atoms with van der Waals surface area (Å²) in [5, 5.41) is 19.0. The minimum Gasteiger partial charge on any atom is -0.507 e. The highest BCUT2D eigenvalue weighted by Crippen LogP contribution is 2.42. The van der Waals surface area contributed by atoms with Gasteiger partial charge in [-0.2, -0.15) is 4.98 Å². The van der Waals surface area contributed by atoms with Crippen LogP contribution in [-0.4, -0.2) is 23.2 Å². The van der Waals surface area contributed by atoms with Gasteiger partial charge in [0.25, 0.3) is 0 Å². The first-order valence-electron chi connectivity index (χ1n) is 7.68. The minimum atomic E-state index is -0.611. The maximum atomic E-state index is 12.1. The monoisotopic (exact) mass is 367 g/mol. The van der Waals surface area contributed by atoms with Gasteiger partial charge in [-0.1, -0.05) is 17.2 Å². The van der Waals surface area contributed by atoms with Crippen molar-refractivity contribution >= 4 is 50.2 Å². The molecule has 0 spiro atoms. The first-order valence-corrected chi connectivity index (χ1v) is 8.50. The molecule has 0 radical (unpaired) electrons. The number of ether oxygens (including phenoxy) is 1. The number of nitrogens with zero attached hydrogens (tertiary/aromatic N) is 3. The molecule has 26 heavy (non-hydrogen) atoms. The van der Waals surface area contributed by atoms with Crippen LogP contribution in [0.25, 0.3) is 21.2 Å². The highest BCUT2D eigenvalue weighted by atomic mass is 32.1. The maximum Gasteiger partial charge on any atom is 0.341 e. The summed E-state index contributed by atoms with van der Waals surface area (Å²) in [6, 6.07) is 10.5. The Balaban J connectivity index is 1.88. The van der Waals surface area contributed by atoms with E-state index < -0.39 is 5.97 Å². The molecule has 0 aliphatic heterocycles. The third-order valence-electron chi connectivity index (χ3n) is 3.81. The number of aromatic hydroxyl groups is 1. The van der Waals surface area contributed by atoms with Crippen molar-refractivity contribution in [3.8, 4) is 5.75 Å². The van der Waals surface area contributed by atoms with Gasteiger partial charge in [-0.15, -0.1) is 16.5 Å². The van der Waals surface area contributed by atoms with E-state index in [4.69, 9.17) is 9.15 Å². The normalized spacial score (nSPS) is 11.6.